The Bertz CT molecular complexity index is 358. The first-order valence-electron chi connectivity index (χ1n) is 5.56. The zero-order valence-electron chi connectivity index (χ0n) is 9.83. The van der Waals surface area contributed by atoms with Crippen LogP contribution in [0.25, 0.3) is 0 Å². The van der Waals surface area contributed by atoms with E-state index in [1.165, 1.54) is 0 Å². The molecule has 2 N–H and O–H groups in total. The molecule has 0 fully saturated rings. The van der Waals surface area contributed by atoms with Gasteiger partial charge < -0.3 is 15.4 Å². The van der Waals surface area contributed by atoms with Crippen LogP contribution in [0.4, 0.5) is 5.69 Å². The van der Waals surface area contributed by atoms with Gasteiger partial charge in [0, 0.05) is 23.3 Å². The second-order valence-electron chi connectivity index (χ2n) is 3.43. The average molecular weight is 301 g/mol. The molecule has 0 saturated heterocycles. The van der Waals surface area contributed by atoms with Crippen LogP contribution in [0.2, 0.25) is 0 Å². The summed E-state index contributed by atoms with van der Waals surface area (Å²) in [6, 6.07) is 7.50. The number of carbonyl (C=O) groups is 1. The number of nitrogens with one attached hydrogen (secondary N) is 2. The molecule has 0 aliphatic heterocycles. The predicted octanol–water partition coefficient (Wildman–Crippen LogP) is 2.01. The molecule has 1 rings (SSSR count). The molecule has 17 heavy (non-hydrogen) atoms. The number of rotatable bonds is 7. The molecule has 1 aromatic carbocycles. The van der Waals surface area contributed by atoms with Gasteiger partial charge in [0.05, 0.1) is 13.2 Å². The van der Waals surface area contributed by atoms with Crippen LogP contribution in [-0.4, -0.2) is 32.2 Å². The molecule has 1 amide bonds. The van der Waals surface area contributed by atoms with Gasteiger partial charge in [-0.05, 0) is 25.1 Å². The molecule has 0 aliphatic rings. The summed E-state index contributed by atoms with van der Waals surface area (Å²) in [6.45, 7) is 4.24. The van der Waals surface area contributed by atoms with Crippen molar-refractivity contribution in [2.45, 2.75) is 6.92 Å². The van der Waals surface area contributed by atoms with Crippen molar-refractivity contribution in [2.75, 3.05) is 31.6 Å². The Hall–Kier alpha value is -0.910. The van der Waals surface area contributed by atoms with Gasteiger partial charge >= 0.3 is 0 Å². The third-order valence-electron chi connectivity index (χ3n) is 2.02. The van der Waals surface area contributed by atoms with Gasteiger partial charge in [-0.15, -0.1) is 0 Å². The number of amides is 1. The highest BCUT2D eigenvalue weighted by molar-refractivity contribution is 9.10. The fraction of sp³-hybridized carbons (Fsp3) is 0.417. The molecule has 0 atom stereocenters. The summed E-state index contributed by atoms with van der Waals surface area (Å²) >= 11 is 3.35. The predicted molar refractivity (Wildman–Crippen MR) is 72.1 cm³/mol. The molecule has 0 bridgehead atoms. The maximum atomic E-state index is 11.5. The van der Waals surface area contributed by atoms with Crippen molar-refractivity contribution < 1.29 is 9.53 Å². The molecule has 94 valence electrons. The van der Waals surface area contributed by atoms with Crippen molar-refractivity contribution in [3.05, 3.63) is 28.7 Å². The van der Waals surface area contributed by atoms with E-state index in [2.05, 4.69) is 26.6 Å². The fourth-order valence-electron chi connectivity index (χ4n) is 1.26. The molecule has 0 aromatic heterocycles. The minimum Gasteiger partial charge on any atom is -0.380 e. The fourth-order valence-corrected chi connectivity index (χ4v) is 1.66. The lowest BCUT2D eigenvalue weighted by Gasteiger charge is -2.07. The van der Waals surface area contributed by atoms with Gasteiger partial charge in [0.1, 0.15) is 0 Å². The molecular weight excluding hydrogens is 284 g/mol. The van der Waals surface area contributed by atoms with Gasteiger partial charge in [-0.3, -0.25) is 4.79 Å². The second kappa shape index (κ2) is 8.22. The third kappa shape index (κ3) is 6.41. The zero-order chi connectivity index (χ0) is 12.5. The first kappa shape index (κ1) is 14.2. The number of ether oxygens (including phenoxy) is 1. The van der Waals surface area contributed by atoms with E-state index in [-0.39, 0.29) is 5.91 Å². The van der Waals surface area contributed by atoms with Crippen LogP contribution in [0.5, 0.6) is 0 Å². The Labute approximate surface area is 110 Å². The minimum atomic E-state index is -0.0559. The molecule has 4 nitrogen and oxygen atoms in total. The van der Waals surface area contributed by atoms with E-state index in [1.54, 1.807) is 0 Å². The molecular formula is C12H17BrN2O2. The Morgan fingerprint density at radius 2 is 2.29 bits per heavy atom. The highest BCUT2D eigenvalue weighted by Crippen LogP contribution is 2.15. The van der Waals surface area contributed by atoms with E-state index in [1.807, 2.05) is 31.2 Å². The van der Waals surface area contributed by atoms with Crippen molar-refractivity contribution >= 4 is 27.5 Å². The number of halogens is 1. The van der Waals surface area contributed by atoms with Crippen molar-refractivity contribution in [1.29, 1.82) is 0 Å². The van der Waals surface area contributed by atoms with Gasteiger partial charge in [0.2, 0.25) is 5.91 Å². The topological polar surface area (TPSA) is 50.4 Å². The van der Waals surface area contributed by atoms with Gasteiger partial charge in [0.25, 0.3) is 0 Å². The Kier molecular flexibility index (Phi) is 6.84. The number of benzene rings is 1. The summed E-state index contributed by atoms with van der Waals surface area (Å²) in [6.07, 6.45) is 0. The highest BCUT2D eigenvalue weighted by Gasteiger charge is 2.01. The number of hydrogen-bond acceptors (Lipinski definition) is 3. The minimum absolute atomic E-state index is 0.0559. The van der Waals surface area contributed by atoms with Crippen molar-refractivity contribution in [1.82, 2.24) is 5.32 Å². The molecule has 0 unspecified atom stereocenters. The van der Waals surface area contributed by atoms with Crippen LogP contribution < -0.4 is 10.6 Å². The van der Waals surface area contributed by atoms with E-state index in [0.717, 1.165) is 10.2 Å². The lowest BCUT2D eigenvalue weighted by Crippen LogP contribution is -2.30. The molecule has 0 aliphatic carbocycles. The summed E-state index contributed by atoms with van der Waals surface area (Å²) < 4.78 is 6.09. The normalized spacial score (nSPS) is 10.2. The molecule has 5 heteroatoms. The second-order valence-corrected chi connectivity index (χ2v) is 4.35. The van der Waals surface area contributed by atoms with Crippen molar-refractivity contribution in [3.8, 4) is 0 Å². The van der Waals surface area contributed by atoms with Crippen LogP contribution in [-0.2, 0) is 9.53 Å². The SMILES string of the molecule is CCOCCNCC(=O)Nc1cccc(Br)c1. The molecule has 1 aromatic rings. The monoisotopic (exact) mass is 300 g/mol. The number of hydrogen-bond donors (Lipinski definition) is 2. The van der Waals surface area contributed by atoms with Crippen molar-refractivity contribution in [2.24, 2.45) is 0 Å². The maximum absolute atomic E-state index is 11.5. The van der Waals surface area contributed by atoms with Crippen LogP contribution in [0, 0.1) is 0 Å². The third-order valence-corrected chi connectivity index (χ3v) is 2.51. The summed E-state index contributed by atoms with van der Waals surface area (Å²) in [4.78, 5) is 11.5. The van der Waals surface area contributed by atoms with Crippen molar-refractivity contribution in [3.63, 3.8) is 0 Å². The Morgan fingerprint density at radius 3 is 3.00 bits per heavy atom. The first-order chi connectivity index (χ1) is 8.22. The summed E-state index contributed by atoms with van der Waals surface area (Å²) in [5.74, 6) is -0.0559. The molecule has 0 heterocycles. The molecule has 0 radical (unpaired) electrons. The number of anilines is 1. The van der Waals surface area contributed by atoms with Crippen LogP contribution in [0.1, 0.15) is 6.92 Å². The summed E-state index contributed by atoms with van der Waals surface area (Å²) in [7, 11) is 0. The lowest BCUT2D eigenvalue weighted by atomic mass is 10.3. The lowest BCUT2D eigenvalue weighted by molar-refractivity contribution is -0.115. The van der Waals surface area contributed by atoms with Gasteiger partial charge in [-0.2, -0.15) is 0 Å². The Morgan fingerprint density at radius 1 is 1.47 bits per heavy atom. The first-order valence-corrected chi connectivity index (χ1v) is 6.35. The van der Waals surface area contributed by atoms with Crippen LogP contribution in [0.15, 0.2) is 28.7 Å². The standard InChI is InChI=1S/C12H17BrN2O2/c1-2-17-7-6-14-9-12(16)15-11-5-3-4-10(13)8-11/h3-5,8,14H,2,6-7,9H2,1H3,(H,15,16). The average Bonchev–Trinajstić information content (AvgIpc) is 2.29. The quantitative estimate of drug-likeness (QED) is 0.758. The van der Waals surface area contributed by atoms with Gasteiger partial charge in [-0.25, -0.2) is 0 Å². The zero-order valence-corrected chi connectivity index (χ0v) is 11.4. The van der Waals surface area contributed by atoms with E-state index >= 15 is 0 Å². The number of carbonyl (C=O) groups excluding carboxylic acids is 1. The molecule has 0 spiro atoms. The van der Waals surface area contributed by atoms with E-state index in [9.17, 15) is 4.79 Å². The molecule has 0 saturated carbocycles. The van der Waals surface area contributed by atoms with E-state index in [0.29, 0.717) is 26.3 Å². The maximum Gasteiger partial charge on any atom is 0.238 e. The van der Waals surface area contributed by atoms with Gasteiger partial charge in [0.15, 0.2) is 0 Å². The summed E-state index contributed by atoms with van der Waals surface area (Å²) in [5.41, 5.74) is 0.788. The highest BCUT2D eigenvalue weighted by atomic mass is 79.9. The van der Waals surface area contributed by atoms with E-state index in [4.69, 9.17) is 4.74 Å². The van der Waals surface area contributed by atoms with Crippen LogP contribution in [0.3, 0.4) is 0 Å². The largest absolute Gasteiger partial charge is 0.380 e. The van der Waals surface area contributed by atoms with E-state index < -0.39 is 0 Å². The smallest absolute Gasteiger partial charge is 0.238 e. The van der Waals surface area contributed by atoms with Gasteiger partial charge in [-0.1, -0.05) is 22.0 Å². The van der Waals surface area contributed by atoms with Crippen LogP contribution >= 0.6 is 15.9 Å². The summed E-state index contributed by atoms with van der Waals surface area (Å²) in [5, 5.41) is 5.81. The Balaban J connectivity index is 2.21.